The van der Waals surface area contributed by atoms with Crippen molar-refractivity contribution in [2.24, 2.45) is 11.7 Å². The van der Waals surface area contributed by atoms with Crippen LogP contribution < -0.4 is 26.4 Å². The van der Waals surface area contributed by atoms with Gasteiger partial charge in [-0.05, 0) is 49.2 Å². The van der Waals surface area contributed by atoms with E-state index in [4.69, 9.17) is 26.8 Å². The van der Waals surface area contributed by atoms with Gasteiger partial charge in [-0.1, -0.05) is 38.1 Å². The minimum absolute atomic E-state index is 0.00733. The maximum atomic E-state index is 14.5. The van der Waals surface area contributed by atoms with Crippen LogP contribution in [0.5, 0.6) is 5.75 Å². The lowest BCUT2D eigenvalue weighted by Crippen LogP contribution is -2.38. The number of hydrogen-bond donors (Lipinski definition) is 5. The summed E-state index contributed by atoms with van der Waals surface area (Å²) in [5.41, 5.74) is 7.47. The van der Waals surface area contributed by atoms with Crippen molar-refractivity contribution in [3.63, 3.8) is 0 Å². The van der Waals surface area contributed by atoms with Gasteiger partial charge in [0.25, 0.3) is 0 Å². The summed E-state index contributed by atoms with van der Waals surface area (Å²) in [5, 5.41) is 18.8. The molecule has 1 unspecified atom stereocenters. The number of aliphatic hydroxyl groups is 1. The number of hydrogen-bond acceptors (Lipinski definition) is 10. The average molecular weight is 559 g/mol. The SMILES string of the molecule is C=CC(O)Nc1cccc(Nc2nc(Nc3ccc(Cl)c(O[C@@H](C)COC(=O)[C@@H](N)C(C)C)c3)ncc2F)c1. The number of ether oxygens (including phenoxy) is 2. The van der Waals surface area contributed by atoms with E-state index < -0.39 is 30.2 Å². The zero-order chi connectivity index (χ0) is 28.5. The van der Waals surface area contributed by atoms with Crippen LogP contribution in [0, 0.1) is 11.7 Å². The number of nitrogens with two attached hydrogens (primary N) is 1. The van der Waals surface area contributed by atoms with E-state index in [1.54, 1.807) is 49.4 Å². The lowest BCUT2D eigenvalue weighted by atomic mass is 10.1. The van der Waals surface area contributed by atoms with Gasteiger partial charge in [0.05, 0.1) is 11.2 Å². The Morgan fingerprint density at radius 3 is 2.62 bits per heavy atom. The van der Waals surface area contributed by atoms with Crippen LogP contribution in [-0.2, 0) is 9.53 Å². The van der Waals surface area contributed by atoms with E-state index >= 15 is 0 Å². The molecule has 0 radical (unpaired) electrons. The molecule has 0 saturated carbocycles. The highest BCUT2D eigenvalue weighted by molar-refractivity contribution is 6.32. The Balaban J connectivity index is 1.67. The van der Waals surface area contributed by atoms with Gasteiger partial charge in [-0.2, -0.15) is 4.98 Å². The van der Waals surface area contributed by atoms with Crippen molar-refractivity contribution in [3.8, 4) is 5.75 Å². The first kappa shape index (κ1) is 29.6. The van der Waals surface area contributed by atoms with Crippen LogP contribution in [0.1, 0.15) is 20.8 Å². The molecule has 0 amide bonds. The second-order valence-electron chi connectivity index (χ2n) is 9.02. The Morgan fingerprint density at radius 2 is 1.90 bits per heavy atom. The molecule has 0 bridgehead atoms. The predicted octanol–water partition coefficient (Wildman–Crippen LogP) is 4.97. The maximum Gasteiger partial charge on any atom is 0.323 e. The first-order valence-corrected chi connectivity index (χ1v) is 12.6. The van der Waals surface area contributed by atoms with E-state index in [0.717, 1.165) is 6.20 Å². The molecule has 208 valence electrons. The molecule has 3 aromatic rings. The van der Waals surface area contributed by atoms with Crippen LogP contribution in [-0.4, -0.2) is 46.0 Å². The van der Waals surface area contributed by atoms with Gasteiger partial charge in [-0.3, -0.25) is 4.79 Å². The summed E-state index contributed by atoms with van der Waals surface area (Å²) in [5.74, 6) is -0.816. The Labute approximate surface area is 231 Å². The highest BCUT2D eigenvalue weighted by Gasteiger charge is 2.20. The van der Waals surface area contributed by atoms with Crippen molar-refractivity contribution in [2.45, 2.75) is 39.1 Å². The summed E-state index contributed by atoms with van der Waals surface area (Å²) < 4.78 is 25.6. The van der Waals surface area contributed by atoms with Crippen molar-refractivity contribution in [1.82, 2.24) is 9.97 Å². The normalized spacial score (nSPS) is 13.2. The predicted molar refractivity (Wildman–Crippen MR) is 150 cm³/mol. The standard InChI is InChI=1S/C27H32ClFN6O4/c1-5-23(36)32-17-7-6-8-18(11-17)33-25-21(29)13-31-27(35-25)34-19-9-10-20(28)22(12-19)39-16(4)14-38-26(37)24(30)15(2)3/h5-13,15-16,23-24,32,36H,1,14,30H2,2-4H3,(H2,31,33,34,35)/t16-,23?,24-/m0/s1. The van der Waals surface area contributed by atoms with E-state index in [9.17, 15) is 14.3 Å². The molecule has 39 heavy (non-hydrogen) atoms. The van der Waals surface area contributed by atoms with Gasteiger partial charge in [0.15, 0.2) is 11.6 Å². The van der Waals surface area contributed by atoms with Gasteiger partial charge >= 0.3 is 5.97 Å². The molecule has 1 heterocycles. The summed E-state index contributed by atoms with van der Waals surface area (Å²) in [4.78, 5) is 20.2. The van der Waals surface area contributed by atoms with Crippen LogP contribution in [0.4, 0.5) is 33.2 Å². The van der Waals surface area contributed by atoms with Crippen molar-refractivity contribution < 1.29 is 23.8 Å². The number of nitrogens with one attached hydrogen (secondary N) is 3. The topological polar surface area (TPSA) is 144 Å². The fourth-order valence-corrected chi connectivity index (χ4v) is 3.35. The van der Waals surface area contributed by atoms with Crippen LogP contribution in [0.15, 0.2) is 61.3 Å². The number of nitrogens with zero attached hydrogens (tertiary/aromatic N) is 2. The zero-order valence-electron chi connectivity index (χ0n) is 21.8. The summed E-state index contributed by atoms with van der Waals surface area (Å²) in [6.45, 7) is 8.90. The third kappa shape index (κ3) is 8.81. The smallest absolute Gasteiger partial charge is 0.323 e. The molecule has 6 N–H and O–H groups in total. The summed E-state index contributed by atoms with van der Waals surface area (Å²) in [6, 6.07) is 11.1. The molecular weight excluding hydrogens is 527 g/mol. The molecule has 2 aromatic carbocycles. The first-order valence-electron chi connectivity index (χ1n) is 12.2. The molecule has 10 nitrogen and oxygen atoms in total. The van der Waals surface area contributed by atoms with E-state index in [1.165, 1.54) is 6.08 Å². The van der Waals surface area contributed by atoms with Crippen LogP contribution in [0.3, 0.4) is 0 Å². The number of carbonyl (C=O) groups is 1. The molecule has 0 aliphatic heterocycles. The van der Waals surface area contributed by atoms with Gasteiger partial charge in [0.1, 0.15) is 30.7 Å². The first-order chi connectivity index (χ1) is 18.5. The summed E-state index contributed by atoms with van der Waals surface area (Å²) in [7, 11) is 0. The van der Waals surface area contributed by atoms with Gasteiger partial charge < -0.3 is 36.3 Å². The van der Waals surface area contributed by atoms with Gasteiger partial charge in [0.2, 0.25) is 5.95 Å². The average Bonchev–Trinajstić information content (AvgIpc) is 2.90. The monoisotopic (exact) mass is 558 g/mol. The third-order valence-electron chi connectivity index (χ3n) is 5.37. The second kappa shape index (κ2) is 13.7. The molecular formula is C27H32ClFN6O4. The lowest BCUT2D eigenvalue weighted by Gasteiger charge is -2.19. The number of benzene rings is 2. The van der Waals surface area contributed by atoms with E-state index in [1.807, 2.05) is 13.8 Å². The number of halogens is 2. The van der Waals surface area contributed by atoms with Gasteiger partial charge in [0, 0.05) is 23.1 Å². The van der Waals surface area contributed by atoms with Crippen LogP contribution >= 0.6 is 11.6 Å². The van der Waals surface area contributed by atoms with Crippen LogP contribution in [0.25, 0.3) is 0 Å². The molecule has 1 aromatic heterocycles. The summed E-state index contributed by atoms with van der Waals surface area (Å²) in [6.07, 6.45) is 0.944. The molecule has 3 atom stereocenters. The van der Waals surface area contributed by atoms with Gasteiger partial charge in [-0.25, -0.2) is 9.37 Å². The highest BCUT2D eigenvalue weighted by Crippen LogP contribution is 2.30. The molecule has 0 fully saturated rings. The Hall–Kier alpha value is -3.93. The van der Waals surface area contributed by atoms with Gasteiger partial charge in [-0.15, -0.1) is 0 Å². The zero-order valence-corrected chi connectivity index (χ0v) is 22.6. The number of rotatable bonds is 13. The van der Waals surface area contributed by atoms with Crippen LogP contribution in [0.2, 0.25) is 5.02 Å². The van der Waals surface area contributed by atoms with E-state index in [2.05, 4.69) is 32.5 Å². The molecule has 0 aliphatic rings. The maximum absolute atomic E-state index is 14.5. The number of carbonyl (C=O) groups excluding carboxylic acids is 1. The van der Waals surface area contributed by atoms with Crippen molar-refractivity contribution >= 4 is 46.4 Å². The number of aromatic nitrogens is 2. The fourth-order valence-electron chi connectivity index (χ4n) is 3.19. The minimum Gasteiger partial charge on any atom is -0.486 e. The van der Waals surface area contributed by atoms with Crippen molar-refractivity contribution in [2.75, 3.05) is 22.6 Å². The van der Waals surface area contributed by atoms with Crippen molar-refractivity contribution in [1.29, 1.82) is 0 Å². The number of anilines is 5. The Kier molecular flexibility index (Phi) is 10.4. The number of esters is 1. The Bertz CT molecular complexity index is 1290. The minimum atomic E-state index is -0.929. The molecule has 3 rings (SSSR count). The third-order valence-corrected chi connectivity index (χ3v) is 5.69. The fraction of sp³-hybridized carbons (Fsp3) is 0.296. The highest BCUT2D eigenvalue weighted by atomic mass is 35.5. The molecule has 0 aliphatic carbocycles. The molecule has 12 heteroatoms. The van der Waals surface area contributed by atoms with E-state index in [-0.39, 0.29) is 24.3 Å². The number of aliphatic hydroxyl groups excluding tert-OH is 1. The Morgan fingerprint density at radius 1 is 1.18 bits per heavy atom. The molecule has 0 spiro atoms. The molecule has 0 saturated heterocycles. The van der Waals surface area contributed by atoms with Crippen molar-refractivity contribution in [3.05, 3.63) is 72.2 Å². The van der Waals surface area contributed by atoms with E-state index in [0.29, 0.717) is 27.8 Å². The summed E-state index contributed by atoms with van der Waals surface area (Å²) >= 11 is 6.29. The largest absolute Gasteiger partial charge is 0.486 e. The lowest BCUT2D eigenvalue weighted by molar-refractivity contribution is -0.148. The second-order valence-corrected chi connectivity index (χ2v) is 9.43. The quantitative estimate of drug-likeness (QED) is 0.111.